The third-order valence-corrected chi connectivity index (χ3v) is 4.80. The molecule has 7 heteroatoms. The number of esters is 1. The number of halogens is 1. The Balaban J connectivity index is 1.84. The van der Waals surface area contributed by atoms with Crippen LogP contribution in [0.1, 0.15) is 58.8 Å². The van der Waals surface area contributed by atoms with Gasteiger partial charge in [-0.05, 0) is 57.9 Å². The van der Waals surface area contributed by atoms with Crippen molar-refractivity contribution in [3.63, 3.8) is 0 Å². The molecular weight excluding hydrogens is 426 g/mol. The number of nitrogens with one attached hydrogen (secondary N) is 1. The van der Waals surface area contributed by atoms with E-state index in [0.29, 0.717) is 41.3 Å². The van der Waals surface area contributed by atoms with E-state index in [-0.39, 0.29) is 18.0 Å². The second kappa shape index (κ2) is 9.68. The highest BCUT2D eigenvalue weighted by Crippen LogP contribution is 2.21. The lowest BCUT2D eigenvalue weighted by Crippen LogP contribution is -2.25. The van der Waals surface area contributed by atoms with Gasteiger partial charge in [-0.2, -0.15) is 0 Å². The molecule has 2 rings (SSSR count). The van der Waals surface area contributed by atoms with E-state index in [1.54, 1.807) is 13.8 Å². The molecule has 1 N–H and O–H groups in total. The van der Waals surface area contributed by atoms with Gasteiger partial charge in [-0.3, -0.25) is 14.4 Å². The van der Waals surface area contributed by atoms with Crippen LogP contribution in [0.2, 0.25) is 0 Å². The molecule has 28 heavy (non-hydrogen) atoms. The van der Waals surface area contributed by atoms with Crippen LogP contribution >= 0.6 is 15.9 Å². The van der Waals surface area contributed by atoms with Gasteiger partial charge in [0.05, 0.1) is 12.3 Å². The van der Waals surface area contributed by atoms with E-state index in [2.05, 4.69) is 20.9 Å². The monoisotopic (exact) mass is 449 g/mol. The van der Waals surface area contributed by atoms with Crippen molar-refractivity contribution in [3.8, 4) is 5.75 Å². The Morgan fingerprint density at radius 1 is 1.21 bits per heavy atom. The molecule has 0 amide bonds. The summed E-state index contributed by atoms with van der Waals surface area (Å²) in [6.07, 6.45) is -0.316. The minimum absolute atomic E-state index is 0.111. The van der Waals surface area contributed by atoms with Crippen molar-refractivity contribution in [3.05, 3.63) is 51.3 Å². The minimum Gasteiger partial charge on any atom is -0.494 e. The molecule has 1 aromatic heterocycles. The number of rotatable bonds is 9. The topological polar surface area (TPSA) is 85.5 Å². The predicted molar refractivity (Wildman–Crippen MR) is 109 cm³/mol. The summed E-state index contributed by atoms with van der Waals surface area (Å²) in [5, 5.41) is 0. The van der Waals surface area contributed by atoms with Crippen molar-refractivity contribution in [1.29, 1.82) is 0 Å². The molecule has 6 nitrogen and oxygen atoms in total. The highest BCUT2D eigenvalue weighted by Gasteiger charge is 2.25. The molecule has 1 aromatic carbocycles. The van der Waals surface area contributed by atoms with Gasteiger partial charge in [0, 0.05) is 22.2 Å². The van der Waals surface area contributed by atoms with Crippen molar-refractivity contribution in [2.24, 2.45) is 0 Å². The molecule has 1 unspecified atom stereocenters. The number of benzene rings is 1. The number of carbonyl (C=O) groups excluding carboxylic acids is 3. The van der Waals surface area contributed by atoms with E-state index in [1.807, 2.05) is 24.3 Å². The van der Waals surface area contributed by atoms with Gasteiger partial charge in [-0.15, -0.1) is 0 Å². The fraction of sp³-hybridized carbons (Fsp3) is 0.381. The first-order valence-electron chi connectivity index (χ1n) is 9.02. The largest absolute Gasteiger partial charge is 0.494 e. The van der Waals surface area contributed by atoms with Gasteiger partial charge < -0.3 is 14.5 Å². The zero-order chi connectivity index (χ0) is 20.8. The number of ether oxygens (including phenoxy) is 2. The van der Waals surface area contributed by atoms with Crippen LogP contribution in [0.25, 0.3) is 0 Å². The van der Waals surface area contributed by atoms with Gasteiger partial charge >= 0.3 is 5.97 Å². The summed E-state index contributed by atoms with van der Waals surface area (Å²) in [5.41, 5.74) is 2.03. The van der Waals surface area contributed by atoms with Gasteiger partial charge in [-0.1, -0.05) is 22.0 Å². The molecule has 0 bridgehead atoms. The number of hydrogen-bond donors (Lipinski definition) is 1. The molecule has 0 fully saturated rings. The Labute approximate surface area is 172 Å². The van der Waals surface area contributed by atoms with E-state index < -0.39 is 12.1 Å². The van der Waals surface area contributed by atoms with Crippen molar-refractivity contribution in [2.45, 2.75) is 46.6 Å². The van der Waals surface area contributed by atoms with Crippen molar-refractivity contribution < 1.29 is 23.9 Å². The molecule has 0 aliphatic carbocycles. The van der Waals surface area contributed by atoms with Gasteiger partial charge in [0.1, 0.15) is 5.75 Å². The molecule has 0 spiro atoms. The van der Waals surface area contributed by atoms with Gasteiger partial charge in [0.25, 0.3) is 0 Å². The minimum atomic E-state index is -0.935. The number of aryl methyl sites for hydroxylation is 1. The lowest BCUT2D eigenvalue weighted by atomic mass is 10.0. The fourth-order valence-corrected chi connectivity index (χ4v) is 3.38. The average molecular weight is 450 g/mol. The van der Waals surface area contributed by atoms with Crippen LogP contribution in [-0.2, 0) is 9.53 Å². The molecule has 0 saturated heterocycles. The second-order valence-corrected chi connectivity index (χ2v) is 7.50. The van der Waals surface area contributed by atoms with Gasteiger partial charge in [-0.25, -0.2) is 0 Å². The van der Waals surface area contributed by atoms with Crippen molar-refractivity contribution >= 4 is 33.5 Å². The summed E-state index contributed by atoms with van der Waals surface area (Å²) in [5.74, 6) is -0.219. The Morgan fingerprint density at radius 3 is 2.54 bits per heavy atom. The van der Waals surface area contributed by atoms with Crippen LogP contribution in [-0.4, -0.2) is 35.2 Å². The summed E-state index contributed by atoms with van der Waals surface area (Å²) in [6, 6.07) is 7.44. The van der Waals surface area contributed by atoms with E-state index in [0.717, 1.165) is 4.47 Å². The third kappa shape index (κ3) is 5.55. The molecule has 1 atom stereocenters. The number of ketones is 2. The first kappa shape index (κ1) is 21.9. The highest BCUT2D eigenvalue weighted by atomic mass is 79.9. The average Bonchev–Trinajstić information content (AvgIpc) is 2.92. The molecule has 0 saturated carbocycles. The fourth-order valence-electron chi connectivity index (χ4n) is 3.00. The van der Waals surface area contributed by atoms with Crippen LogP contribution in [0, 0.1) is 13.8 Å². The van der Waals surface area contributed by atoms with Gasteiger partial charge in [0.15, 0.2) is 11.9 Å². The summed E-state index contributed by atoms with van der Waals surface area (Å²) in [4.78, 5) is 39.3. The first-order chi connectivity index (χ1) is 13.2. The maximum absolute atomic E-state index is 12.6. The molecule has 2 aromatic rings. The molecular formula is C21H24BrNO5. The first-order valence-corrected chi connectivity index (χ1v) is 9.82. The zero-order valence-corrected chi connectivity index (χ0v) is 18.0. The van der Waals surface area contributed by atoms with Crippen molar-refractivity contribution in [2.75, 3.05) is 6.61 Å². The number of aromatic amines is 1. The number of carbonyl (C=O) groups is 3. The second-order valence-electron chi connectivity index (χ2n) is 6.59. The standard InChI is InChI=1S/C21H24BrNO5/c1-12-19(14(3)24)13(2)23-20(12)21(26)15(4)28-18(25)9-6-10-27-17-8-5-7-16(22)11-17/h5,7-8,11,15,23H,6,9-10H2,1-4H3. The lowest BCUT2D eigenvalue weighted by Gasteiger charge is -2.12. The number of H-pyrrole nitrogens is 1. The Bertz CT molecular complexity index is 887. The van der Waals surface area contributed by atoms with E-state index in [4.69, 9.17) is 9.47 Å². The van der Waals surface area contributed by atoms with Crippen molar-refractivity contribution in [1.82, 2.24) is 4.98 Å². The molecule has 0 aliphatic rings. The third-order valence-electron chi connectivity index (χ3n) is 4.30. The van der Waals surface area contributed by atoms with Crippen LogP contribution in [0.15, 0.2) is 28.7 Å². The highest BCUT2D eigenvalue weighted by molar-refractivity contribution is 9.10. The molecule has 150 valence electrons. The molecule has 0 radical (unpaired) electrons. The maximum Gasteiger partial charge on any atom is 0.306 e. The summed E-state index contributed by atoms with van der Waals surface area (Å²) in [7, 11) is 0. The van der Waals surface area contributed by atoms with Crippen LogP contribution in [0.4, 0.5) is 0 Å². The summed E-state index contributed by atoms with van der Waals surface area (Å²) in [6.45, 7) is 6.80. The van der Waals surface area contributed by atoms with E-state index in [9.17, 15) is 14.4 Å². The summed E-state index contributed by atoms with van der Waals surface area (Å²) < 4.78 is 11.7. The predicted octanol–water partition coefficient (Wildman–Crippen LogP) is 4.57. The number of Topliss-reactive ketones (excluding diaryl/α,β-unsaturated/α-hetero) is 2. The number of aromatic nitrogens is 1. The molecule has 0 aliphatic heterocycles. The Kier molecular flexibility index (Phi) is 7.57. The van der Waals surface area contributed by atoms with Gasteiger partial charge in [0.2, 0.25) is 5.78 Å². The molecule has 1 heterocycles. The lowest BCUT2D eigenvalue weighted by molar-refractivity contribution is -0.146. The maximum atomic E-state index is 12.6. The van der Waals surface area contributed by atoms with Crippen LogP contribution < -0.4 is 4.74 Å². The smallest absolute Gasteiger partial charge is 0.306 e. The van der Waals surface area contributed by atoms with Crippen LogP contribution in [0.3, 0.4) is 0 Å². The van der Waals surface area contributed by atoms with Crippen LogP contribution in [0.5, 0.6) is 5.75 Å². The SMILES string of the molecule is CC(=O)c1c(C)[nH]c(C(=O)C(C)OC(=O)CCCOc2cccc(Br)c2)c1C. The normalized spacial score (nSPS) is 11.8. The quantitative estimate of drug-likeness (QED) is 0.344. The zero-order valence-electron chi connectivity index (χ0n) is 16.4. The summed E-state index contributed by atoms with van der Waals surface area (Å²) >= 11 is 3.37. The van der Waals surface area contributed by atoms with E-state index in [1.165, 1.54) is 13.8 Å². The Hall–Kier alpha value is -2.41. The van der Waals surface area contributed by atoms with E-state index >= 15 is 0 Å². The Morgan fingerprint density at radius 2 is 1.93 bits per heavy atom. The number of hydrogen-bond acceptors (Lipinski definition) is 5.